The lowest BCUT2D eigenvalue weighted by Gasteiger charge is -2.09. The van der Waals surface area contributed by atoms with Crippen LogP contribution in [-0.2, 0) is 0 Å². The lowest BCUT2D eigenvalue weighted by atomic mass is 10.2. The smallest absolute Gasteiger partial charge is 0.274 e. The highest BCUT2D eigenvalue weighted by molar-refractivity contribution is 6.33. The molecular formula is C15H17ClN4O. The van der Waals surface area contributed by atoms with E-state index in [9.17, 15) is 4.79 Å². The summed E-state index contributed by atoms with van der Waals surface area (Å²) in [4.78, 5) is 20.5. The number of hydrogen-bond acceptors (Lipinski definition) is 4. The molecule has 0 bridgehead atoms. The van der Waals surface area contributed by atoms with Crippen molar-refractivity contribution in [1.29, 1.82) is 0 Å². The van der Waals surface area contributed by atoms with Gasteiger partial charge in [0.25, 0.3) is 5.91 Å². The highest BCUT2D eigenvalue weighted by Gasteiger charge is 2.10. The maximum atomic E-state index is 12.2. The summed E-state index contributed by atoms with van der Waals surface area (Å²) in [5, 5.41) is 6.30. The number of halogens is 1. The maximum Gasteiger partial charge on any atom is 0.274 e. The van der Waals surface area contributed by atoms with Crippen molar-refractivity contribution in [3.05, 3.63) is 47.2 Å². The van der Waals surface area contributed by atoms with Gasteiger partial charge in [-0.25, -0.2) is 9.97 Å². The van der Waals surface area contributed by atoms with Gasteiger partial charge in [0, 0.05) is 12.7 Å². The Morgan fingerprint density at radius 3 is 2.76 bits per heavy atom. The second-order valence-corrected chi connectivity index (χ2v) is 5.38. The number of anilines is 2. The van der Waals surface area contributed by atoms with Gasteiger partial charge in [-0.3, -0.25) is 4.79 Å². The summed E-state index contributed by atoms with van der Waals surface area (Å²) in [5.74, 6) is 0.586. The van der Waals surface area contributed by atoms with Crippen molar-refractivity contribution in [1.82, 2.24) is 9.97 Å². The van der Waals surface area contributed by atoms with E-state index in [2.05, 4.69) is 34.4 Å². The molecular weight excluding hydrogens is 288 g/mol. The summed E-state index contributed by atoms with van der Waals surface area (Å²) in [6.07, 6.45) is 1.55. The molecule has 0 unspecified atom stereocenters. The molecule has 0 saturated heterocycles. The highest BCUT2D eigenvalue weighted by Crippen LogP contribution is 2.20. The molecule has 1 heterocycles. The normalized spacial score (nSPS) is 10.5. The van der Waals surface area contributed by atoms with Gasteiger partial charge in [-0.15, -0.1) is 0 Å². The lowest BCUT2D eigenvalue weighted by molar-refractivity contribution is 0.102. The number of carbonyl (C=O) groups is 1. The molecule has 5 nitrogen and oxygen atoms in total. The summed E-state index contributed by atoms with van der Waals surface area (Å²) in [5.41, 5.74) is 0.843. The van der Waals surface area contributed by atoms with Crippen LogP contribution in [0.2, 0.25) is 5.02 Å². The Kier molecular flexibility index (Phi) is 5.11. The van der Waals surface area contributed by atoms with Gasteiger partial charge in [-0.05, 0) is 24.1 Å². The lowest BCUT2D eigenvalue weighted by Crippen LogP contribution is -2.16. The number of carbonyl (C=O) groups excluding carboxylic acids is 1. The standard InChI is InChI=1S/C15H17ClN4O/c1-10(2)9-18-15-17-8-7-13(20-15)14(21)19-12-6-4-3-5-11(12)16/h3-8,10H,9H2,1-2H3,(H,19,21)(H,17,18,20). The number of para-hydroxylation sites is 1. The molecule has 2 N–H and O–H groups in total. The van der Waals surface area contributed by atoms with E-state index in [0.717, 1.165) is 6.54 Å². The van der Waals surface area contributed by atoms with Crippen LogP contribution < -0.4 is 10.6 Å². The van der Waals surface area contributed by atoms with Crippen molar-refractivity contribution >= 4 is 29.1 Å². The third-order valence-corrected chi connectivity index (χ3v) is 3.01. The van der Waals surface area contributed by atoms with Crippen LogP contribution in [0, 0.1) is 5.92 Å². The average molecular weight is 305 g/mol. The minimum atomic E-state index is -0.321. The van der Waals surface area contributed by atoms with Crippen LogP contribution in [0.1, 0.15) is 24.3 Å². The first-order chi connectivity index (χ1) is 10.1. The third kappa shape index (κ3) is 4.43. The molecule has 21 heavy (non-hydrogen) atoms. The first-order valence-corrected chi connectivity index (χ1v) is 7.07. The molecule has 0 saturated carbocycles. The van der Waals surface area contributed by atoms with Crippen molar-refractivity contribution < 1.29 is 4.79 Å². The number of nitrogens with one attached hydrogen (secondary N) is 2. The summed E-state index contributed by atoms with van der Waals surface area (Å²) >= 11 is 6.01. The van der Waals surface area contributed by atoms with E-state index in [1.807, 2.05) is 0 Å². The molecule has 0 spiro atoms. The first-order valence-electron chi connectivity index (χ1n) is 6.69. The van der Waals surface area contributed by atoms with Gasteiger partial charge in [-0.1, -0.05) is 37.6 Å². The highest BCUT2D eigenvalue weighted by atomic mass is 35.5. The second-order valence-electron chi connectivity index (χ2n) is 4.97. The van der Waals surface area contributed by atoms with E-state index < -0.39 is 0 Å². The number of amides is 1. The van der Waals surface area contributed by atoms with E-state index in [1.54, 1.807) is 36.5 Å². The Morgan fingerprint density at radius 1 is 1.29 bits per heavy atom. The van der Waals surface area contributed by atoms with E-state index in [4.69, 9.17) is 11.6 Å². The van der Waals surface area contributed by atoms with Crippen LogP contribution in [0.15, 0.2) is 36.5 Å². The van der Waals surface area contributed by atoms with E-state index in [-0.39, 0.29) is 11.6 Å². The van der Waals surface area contributed by atoms with Crippen LogP contribution in [0.25, 0.3) is 0 Å². The fourth-order valence-corrected chi connectivity index (χ4v) is 1.80. The monoisotopic (exact) mass is 304 g/mol. The van der Waals surface area contributed by atoms with E-state index in [1.165, 1.54) is 0 Å². The number of aromatic nitrogens is 2. The van der Waals surface area contributed by atoms with Crippen molar-refractivity contribution in [3.8, 4) is 0 Å². The molecule has 1 aromatic heterocycles. The molecule has 6 heteroatoms. The van der Waals surface area contributed by atoms with Gasteiger partial charge >= 0.3 is 0 Å². The molecule has 0 fully saturated rings. The topological polar surface area (TPSA) is 66.9 Å². The first kappa shape index (κ1) is 15.3. The van der Waals surface area contributed by atoms with Crippen molar-refractivity contribution in [2.75, 3.05) is 17.2 Å². The Morgan fingerprint density at radius 2 is 2.05 bits per heavy atom. The second kappa shape index (κ2) is 7.04. The molecule has 1 amide bonds. The Labute approximate surface area is 128 Å². The molecule has 1 aromatic carbocycles. The molecule has 2 rings (SSSR count). The quantitative estimate of drug-likeness (QED) is 0.888. The molecule has 2 aromatic rings. The van der Waals surface area contributed by atoms with Crippen molar-refractivity contribution in [2.24, 2.45) is 5.92 Å². The summed E-state index contributed by atoms with van der Waals surface area (Å²) < 4.78 is 0. The minimum Gasteiger partial charge on any atom is -0.354 e. The molecule has 0 atom stereocenters. The predicted octanol–water partition coefficient (Wildman–Crippen LogP) is 3.45. The fourth-order valence-electron chi connectivity index (χ4n) is 1.61. The number of rotatable bonds is 5. The van der Waals surface area contributed by atoms with Crippen LogP contribution in [0.3, 0.4) is 0 Å². The van der Waals surface area contributed by atoms with E-state index >= 15 is 0 Å². The van der Waals surface area contributed by atoms with Gasteiger partial charge in [0.15, 0.2) is 0 Å². The van der Waals surface area contributed by atoms with Gasteiger partial charge in [0.2, 0.25) is 5.95 Å². The molecule has 0 aliphatic rings. The average Bonchev–Trinajstić information content (AvgIpc) is 2.48. The zero-order valence-corrected chi connectivity index (χ0v) is 12.7. The Hall–Kier alpha value is -2.14. The largest absolute Gasteiger partial charge is 0.354 e. The zero-order valence-electron chi connectivity index (χ0n) is 11.9. The summed E-state index contributed by atoms with van der Waals surface area (Å²) in [6.45, 7) is 4.91. The number of nitrogens with zero attached hydrogens (tertiary/aromatic N) is 2. The number of benzene rings is 1. The Balaban J connectivity index is 2.09. The summed E-state index contributed by atoms with van der Waals surface area (Å²) in [7, 11) is 0. The zero-order chi connectivity index (χ0) is 15.2. The van der Waals surface area contributed by atoms with Crippen LogP contribution in [0.5, 0.6) is 0 Å². The molecule has 0 radical (unpaired) electrons. The fraction of sp³-hybridized carbons (Fsp3) is 0.267. The van der Waals surface area contributed by atoms with Crippen LogP contribution >= 0.6 is 11.6 Å². The van der Waals surface area contributed by atoms with Crippen LogP contribution in [0.4, 0.5) is 11.6 Å². The third-order valence-electron chi connectivity index (χ3n) is 2.68. The summed E-state index contributed by atoms with van der Waals surface area (Å²) in [6, 6.07) is 8.62. The Bertz CT molecular complexity index is 631. The van der Waals surface area contributed by atoms with Crippen LogP contribution in [-0.4, -0.2) is 22.4 Å². The van der Waals surface area contributed by atoms with Gasteiger partial charge in [0.1, 0.15) is 5.69 Å². The van der Waals surface area contributed by atoms with Gasteiger partial charge in [-0.2, -0.15) is 0 Å². The molecule has 0 aliphatic heterocycles. The molecule has 0 aliphatic carbocycles. The SMILES string of the molecule is CC(C)CNc1nccc(C(=O)Nc2ccccc2Cl)n1. The van der Waals surface area contributed by atoms with Crippen molar-refractivity contribution in [2.45, 2.75) is 13.8 Å². The maximum absolute atomic E-state index is 12.2. The predicted molar refractivity (Wildman–Crippen MR) is 84.8 cm³/mol. The van der Waals surface area contributed by atoms with Crippen molar-refractivity contribution in [3.63, 3.8) is 0 Å². The molecule has 110 valence electrons. The minimum absolute atomic E-state index is 0.288. The number of hydrogen-bond donors (Lipinski definition) is 2. The van der Waals surface area contributed by atoms with Gasteiger partial charge < -0.3 is 10.6 Å². The van der Waals surface area contributed by atoms with E-state index in [0.29, 0.717) is 22.6 Å². The van der Waals surface area contributed by atoms with Gasteiger partial charge in [0.05, 0.1) is 10.7 Å².